The van der Waals surface area contributed by atoms with E-state index in [2.05, 4.69) is 15.3 Å². The number of nitriles is 1. The number of carbonyl (C=O) groups excluding carboxylic acids is 1. The van der Waals surface area contributed by atoms with Crippen LogP contribution in [0.15, 0.2) is 48.5 Å². The van der Waals surface area contributed by atoms with Crippen molar-refractivity contribution >= 4 is 22.6 Å². The maximum absolute atomic E-state index is 13.6. The predicted molar refractivity (Wildman–Crippen MR) is 79.5 cm³/mol. The summed E-state index contributed by atoms with van der Waals surface area (Å²) >= 11 is 0. The van der Waals surface area contributed by atoms with Crippen LogP contribution in [0.25, 0.3) is 11.0 Å². The molecule has 2 aromatic carbocycles. The zero-order chi connectivity index (χ0) is 15.5. The van der Waals surface area contributed by atoms with E-state index in [0.717, 1.165) is 5.52 Å². The molecule has 1 atom stereocenters. The second-order valence-corrected chi connectivity index (χ2v) is 4.67. The SMILES string of the molecule is N#C[C@@H](C(=O)Nc1ccccc1F)c1nc2ccccc2[nH]1. The Kier molecular flexibility index (Phi) is 3.54. The lowest BCUT2D eigenvalue weighted by Gasteiger charge is -2.08. The maximum atomic E-state index is 13.6. The third-order valence-electron chi connectivity index (χ3n) is 3.20. The zero-order valence-electron chi connectivity index (χ0n) is 11.4. The van der Waals surface area contributed by atoms with Gasteiger partial charge in [-0.3, -0.25) is 4.79 Å². The van der Waals surface area contributed by atoms with E-state index in [1.54, 1.807) is 18.2 Å². The number of anilines is 1. The summed E-state index contributed by atoms with van der Waals surface area (Å²) in [5.41, 5.74) is 1.43. The fourth-order valence-corrected chi connectivity index (χ4v) is 2.12. The number of hydrogen-bond donors (Lipinski definition) is 2. The molecule has 6 heteroatoms. The van der Waals surface area contributed by atoms with Gasteiger partial charge in [0, 0.05) is 0 Å². The van der Waals surface area contributed by atoms with Gasteiger partial charge in [0.1, 0.15) is 11.6 Å². The van der Waals surface area contributed by atoms with Gasteiger partial charge in [-0.25, -0.2) is 9.37 Å². The van der Waals surface area contributed by atoms with Crippen LogP contribution in [0, 0.1) is 17.1 Å². The Morgan fingerprint density at radius 1 is 1.23 bits per heavy atom. The highest BCUT2D eigenvalue weighted by Crippen LogP contribution is 2.20. The first kappa shape index (κ1) is 13.8. The molecule has 5 nitrogen and oxygen atoms in total. The Morgan fingerprint density at radius 3 is 2.68 bits per heavy atom. The zero-order valence-corrected chi connectivity index (χ0v) is 11.4. The van der Waals surface area contributed by atoms with Gasteiger partial charge in [-0.1, -0.05) is 24.3 Å². The lowest BCUT2D eigenvalue weighted by atomic mass is 10.1. The van der Waals surface area contributed by atoms with Crippen molar-refractivity contribution in [2.75, 3.05) is 5.32 Å². The quantitative estimate of drug-likeness (QED) is 0.779. The van der Waals surface area contributed by atoms with Gasteiger partial charge in [-0.05, 0) is 24.3 Å². The van der Waals surface area contributed by atoms with Gasteiger partial charge in [-0.2, -0.15) is 5.26 Å². The van der Waals surface area contributed by atoms with Crippen LogP contribution in [0.5, 0.6) is 0 Å². The number of aromatic amines is 1. The lowest BCUT2D eigenvalue weighted by Crippen LogP contribution is -2.21. The summed E-state index contributed by atoms with van der Waals surface area (Å²) in [6, 6.07) is 14.9. The first-order chi connectivity index (χ1) is 10.7. The first-order valence-corrected chi connectivity index (χ1v) is 6.58. The molecule has 0 saturated heterocycles. The van der Waals surface area contributed by atoms with Crippen LogP contribution in [-0.4, -0.2) is 15.9 Å². The Bertz CT molecular complexity index is 848. The fraction of sp³-hybridized carbons (Fsp3) is 0.0625. The van der Waals surface area contributed by atoms with E-state index in [1.807, 2.05) is 18.2 Å². The van der Waals surface area contributed by atoms with Gasteiger partial charge in [-0.15, -0.1) is 0 Å². The molecular weight excluding hydrogens is 283 g/mol. The van der Waals surface area contributed by atoms with Gasteiger partial charge in [0.2, 0.25) is 5.91 Å². The van der Waals surface area contributed by atoms with Crippen LogP contribution in [0.3, 0.4) is 0 Å². The number of aromatic nitrogens is 2. The standard InChI is InChI=1S/C16H11FN4O/c17-11-5-1-2-6-12(11)21-16(22)10(9-18)15-19-13-7-3-4-8-14(13)20-15/h1-8,10H,(H,19,20)(H,21,22)/t10-/m1/s1. The second kappa shape index (κ2) is 5.66. The summed E-state index contributed by atoms with van der Waals surface area (Å²) < 4.78 is 13.6. The molecule has 2 N–H and O–H groups in total. The molecule has 1 amide bonds. The Morgan fingerprint density at radius 2 is 1.95 bits per heavy atom. The van der Waals surface area contributed by atoms with Crippen LogP contribution in [-0.2, 0) is 4.79 Å². The number of carbonyl (C=O) groups is 1. The molecule has 0 saturated carbocycles. The van der Waals surface area contributed by atoms with Gasteiger partial charge in [0.25, 0.3) is 0 Å². The van der Waals surface area contributed by atoms with E-state index in [9.17, 15) is 14.4 Å². The van der Waals surface area contributed by atoms with E-state index < -0.39 is 17.6 Å². The van der Waals surface area contributed by atoms with E-state index >= 15 is 0 Å². The number of nitrogens with one attached hydrogen (secondary N) is 2. The summed E-state index contributed by atoms with van der Waals surface area (Å²) in [5, 5.41) is 11.7. The fourth-order valence-electron chi connectivity index (χ4n) is 2.12. The number of benzene rings is 2. The van der Waals surface area contributed by atoms with Crippen LogP contribution < -0.4 is 5.32 Å². The van der Waals surface area contributed by atoms with Crippen LogP contribution >= 0.6 is 0 Å². The monoisotopic (exact) mass is 294 g/mol. The Hall–Kier alpha value is -3.20. The molecule has 3 rings (SSSR count). The molecule has 1 heterocycles. The molecule has 0 aliphatic heterocycles. The number of rotatable bonds is 3. The normalized spacial score (nSPS) is 11.8. The molecule has 0 aliphatic rings. The molecule has 0 bridgehead atoms. The number of amides is 1. The highest BCUT2D eigenvalue weighted by molar-refractivity contribution is 5.97. The first-order valence-electron chi connectivity index (χ1n) is 6.58. The van der Waals surface area contributed by atoms with Gasteiger partial charge in [0.05, 0.1) is 22.8 Å². The number of imidazole rings is 1. The largest absolute Gasteiger partial charge is 0.340 e. The summed E-state index contributed by atoms with van der Waals surface area (Å²) in [7, 11) is 0. The summed E-state index contributed by atoms with van der Waals surface area (Å²) in [6.45, 7) is 0. The highest BCUT2D eigenvalue weighted by atomic mass is 19.1. The number of nitrogens with zero attached hydrogens (tertiary/aromatic N) is 2. The van der Waals surface area contributed by atoms with Crippen molar-refractivity contribution < 1.29 is 9.18 Å². The minimum Gasteiger partial charge on any atom is -0.340 e. The van der Waals surface area contributed by atoms with Crippen LogP contribution in [0.2, 0.25) is 0 Å². The number of fused-ring (bicyclic) bond motifs is 1. The van der Waals surface area contributed by atoms with Crippen molar-refractivity contribution in [3.05, 3.63) is 60.2 Å². The van der Waals surface area contributed by atoms with E-state index in [0.29, 0.717) is 5.52 Å². The van der Waals surface area contributed by atoms with Gasteiger partial charge in [0.15, 0.2) is 5.92 Å². The second-order valence-electron chi connectivity index (χ2n) is 4.67. The maximum Gasteiger partial charge on any atom is 0.249 e. The molecule has 0 unspecified atom stereocenters. The predicted octanol–water partition coefficient (Wildman–Crippen LogP) is 2.95. The topological polar surface area (TPSA) is 81.6 Å². The summed E-state index contributed by atoms with van der Waals surface area (Å²) in [4.78, 5) is 19.4. The summed E-state index contributed by atoms with van der Waals surface area (Å²) in [6.07, 6.45) is 0. The average molecular weight is 294 g/mol. The summed E-state index contributed by atoms with van der Waals surface area (Å²) in [5.74, 6) is -2.10. The van der Waals surface area contributed by atoms with Crippen molar-refractivity contribution in [1.29, 1.82) is 5.26 Å². The lowest BCUT2D eigenvalue weighted by molar-refractivity contribution is -0.116. The highest BCUT2D eigenvalue weighted by Gasteiger charge is 2.24. The number of para-hydroxylation sites is 3. The van der Waals surface area contributed by atoms with Crippen molar-refractivity contribution in [3.8, 4) is 6.07 Å². The van der Waals surface area contributed by atoms with Crippen molar-refractivity contribution in [2.24, 2.45) is 0 Å². The smallest absolute Gasteiger partial charge is 0.249 e. The van der Waals surface area contributed by atoms with Gasteiger partial charge >= 0.3 is 0 Å². The molecule has 108 valence electrons. The molecule has 0 aliphatic carbocycles. The molecule has 0 spiro atoms. The van der Waals surface area contributed by atoms with E-state index in [4.69, 9.17) is 0 Å². The molecule has 22 heavy (non-hydrogen) atoms. The third kappa shape index (κ3) is 2.52. The molecule has 3 aromatic rings. The Balaban J connectivity index is 1.89. The van der Waals surface area contributed by atoms with Crippen LogP contribution in [0.4, 0.5) is 10.1 Å². The Labute approximate surface area is 125 Å². The number of H-pyrrole nitrogens is 1. The number of hydrogen-bond acceptors (Lipinski definition) is 3. The number of halogens is 1. The van der Waals surface area contributed by atoms with Crippen LogP contribution in [0.1, 0.15) is 11.7 Å². The van der Waals surface area contributed by atoms with Crippen molar-refractivity contribution in [1.82, 2.24) is 9.97 Å². The minimum absolute atomic E-state index is 0.0314. The molecule has 0 fully saturated rings. The van der Waals surface area contributed by atoms with Crippen molar-refractivity contribution in [3.63, 3.8) is 0 Å². The average Bonchev–Trinajstić information content (AvgIpc) is 2.94. The van der Waals surface area contributed by atoms with Gasteiger partial charge < -0.3 is 10.3 Å². The third-order valence-corrected chi connectivity index (χ3v) is 3.20. The van der Waals surface area contributed by atoms with E-state index in [-0.39, 0.29) is 11.5 Å². The minimum atomic E-state index is -1.15. The van der Waals surface area contributed by atoms with Crippen molar-refractivity contribution in [2.45, 2.75) is 5.92 Å². The van der Waals surface area contributed by atoms with E-state index in [1.165, 1.54) is 18.2 Å². The molecular formula is C16H11FN4O. The molecule has 0 radical (unpaired) electrons. The molecule has 1 aromatic heterocycles.